The monoisotopic (exact) mass is 322 g/mol. The lowest BCUT2D eigenvalue weighted by Crippen LogP contribution is -2.35. The minimum absolute atomic E-state index is 0.0419. The quantitative estimate of drug-likeness (QED) is 0.414. The fourth-order valence-electron chi connectivity index (χ4n) is 1.49. The Balaban J connectivity index is 3.07. The number of ether oxygens (including phenoxy) is 2. The standard InChI is InChI=1S/C12H19O6PS/c1-4-16-12(19-13,17-5-2)18-20(14,15)11-8-6-10(3)7-9-11/h6-9H,4-5,19H2,1-3H3. The van der Waals surface area contributed by atoms with Crippen molar-refractivity contribution in [1.82, 2.24) is 0 Å². The molecule has 1 rings (SSSR count). The van der Waals surface area contributed by atoms with Crippen LogP contribution in [0.25, 0.3) is 0 Å². The Morgan fingerprint density at radius 1 is 1.10 bits per heavy atom. The molecule has 114 valence electrons. The van der Waals surface area contributed by atoms with Crippen molar-refractivity contribution in [3.63, 3.8) is 0 Å². The lowest BCUT2D eigenvalue weighted by molar-refractivity contribution is -0.275. The van der Waals surface area contributed by atoms with Crippen molar-refractivity contribution in [2.24, 2.45) is 0 Å². The number of rotatable bonds is 8. The number of hydrogen-bond donors (Lipinski definition) is 0. The van der Waals surface area contributed by atoms with E-state index in [0.29, 0.717) is 0 Å². The van der Waals surface area contributed by atoms with Crippen molar-refractivity contribution in [2.45, 2.75) is 31.4 Å². The van der Waals surface area contributed by atoms with E-state index in [1.54, 1.807) is 26.0 Å². The molecule has 1 aromatic rings. The average Bonchev–Trinajstić information content (AvgIpc) is 2.39. The van der Waals surface area contributed by atoms with E-state index in [2.05, 4.69) is 0 Å². The molecule has 0 saturated heterocycles. The zero-order valence-corrected chi connectivity index (χ0v) is 13.6. The molecular weight excluding hydrogens is 303 g/mol. The predicted molar refractivity (Wildman–Crippen MR) is 75.8 cm³/mol. The van der Waals surface area contributed by atoms with E-state index in [-0.39, 0.29) is 18.1 Å². The molecule has 0 aliphatic carbocycles. The summed E-state index contributed by atoms with van der Waals surface area (Å²) in [7, 11) is -5.89. The van der Waals surface area contributed by atoms with Gasteiger partial charge in [-0.05, 0) is 32.9 Å². The van der Waals surface area contributed by atoms with E-state index in [1.165, 1.54) is 12.1 Å². The van der Waals surface area contributed by atoms with Gasteiger partial charge in [-0.2, -0.15) is 12.6 Å². The normalized spacial score (nSPS) is 13.2. The summed E-state index contributed by atoms with van der Waals surface area (Å²) < 4.78 is 50.8. The van der Waals surface area contributed by atoms with Gasteiger partial charge in [-0.1, -0.05) is 17.7 Å². The molecule has 1 aromatic carbocycles. The van der Waals surface area contributed by atoms with Crippen LogP contribution in [0.4, 0.5) is 0 Å². The average molecular weight is 322 g/mol. The molecule has 8 heteroatoms. The van der Waals surface area contributed by atoms with Crippen LogP contribution in [0.3, 0.4) is 0 Å². The Hall–Kier alpha value is -0.720. The minimum atomic E-state index is -4.12. The van der Waals surface area contributed by atoms with E-state index in [0.717, 1.165) is 5.56 Å². The van der Waals surface area contributed by atoms with Crippen molar-refractivity contribution < 1.29 is 26.6 Å². The summed E-state index contributed by atoms with van der Waals surface area (Å²) in [5.74, 6) is 0. The molecule has 0 amide bonds. The summed E-state index contributed by atoms with van der Waals surface area (Å²) in [6.07, 6.45) is 0. The highest BCUT2D eigenvalue weighted by Crippen LogP contribution is 2.32. The van der Waals surface area contributed by atoms with E-state index in [1.807, 2.05) is 6.92 Å². The predicted octanol–water partition coefficient (Wildman–Crippen LogP) is 2.14. The van der Waals surface area contributed by atoms with Gasteiger partial charge in [0.15, 0.2) is 8.46 Å². The first-order valence-electron chi connectivity index (χ1n) is 6.15. The van der Waals surface area contributed by atoms with E-state index in [9.17, 15) is 13.0 Å². The first-order chi connectivity index (χ1) is 9.39. The van der Waals surface area contributed by atoms with Gasteiger partial charge in [-0.3, -0.25) is 0 Å². The second kappa shape index (κ2) is 7.33. The highest BCUT2D eigenvalue weighted by molar-refractivity contribution is 7.87. The molecule has 0 aromatic heterocycles. The van der Waals surface area contributed by atoms with Gasteiger partial charge in [0.1, 0.15) is 0 Å². The third-order valence-corrected chi connectivity index (χ3v) is 4.58. The molecule has 0 spiro atoms. The third-order valence-electron chi connectivity index (χ3n) is 2.37. The van der Waals surface area contributed by atoms with Gasteiger partial charge in [0, 0.05) is 0 Å². The summed E-state index contributed by atoms with van der Waals surface area (Å²) in [4.78, 5) is -0.0419. The van der Waals surface area contributed by atoms with Crippen LogP contribution in [0.5, 0.6) is 0 Å². The van der Waals surface area contributed by atoms with E-state index < -0.39 is 24.3 Å². The lowest BCUT2D eigenvalue weighted by Gasteiger charge is -2.26. The van der Waals surface area contributed by atoms with Gasteiger partial charge in [-0.25, -0.2) is 0 Å². The maximum Gasteiger partial charge on any atom is 0.346 e. The van der Waals surface area contributed by atoms with Crippen LogP contribution in [0.2, 0.25) is 0 Å². The summed E-state index contributed by atoms with van der Waals surface area (Å²) in [6, 6.07) is 6.10. The van der Waals surface area contributed by atoms with Crippen molar-refractivity contribution in [1.29, 1.82) is 0 Å². The molecule has 6 nitrogen and oxygen atoms in total. The van der Waals surface area contributed by atoms with Crippen molar-refractivity contribution in [2.75, 3.05) is 13.2 Å². The molecule has 20 heavy (non-hydrogen) atoms. The number of aryl methyl sites for hydroxylation is 1. The second-order valence-corrected chi connectivity index (χ2v) is 6.43. The largest absolute Gasteiger partial charge is 0.346 e. The Morgan fingerprint density at radius 2 is 1.60 bits per heavy atom. The molecule has 0 heterocycles. The molecule has 0 fully saturated rings. The van der Waals surface area contributed by atoms with Crippen molar-refractivity contribution in [3.05, 3.63) is 29.8 Å². The summed E-state index contributed by atoms with van der Waals surface area (Å²) in [5.41, 5.74) is -1.12. The van der Waals surface area contributed by atoms with Crippen LogP contribution in [-0.2, 0) is 28.3 Å². The molecule has 0 saturated carbocycles. The van der Waals surface area contributed by atoms with Gasteiger partial charge >= 0.3 is 15.8 Å². The SMILES string of the molecule is CCOC(OCC)(OS(=O)(=O)c1ccc(C)cc1)[PH2]=O. The first kappa shape index (κ1) is 17.3. The maximum absolute atomic E-state index is 12.2. The Morgan fingerprint density at radius 3 is 2.00 bits per heavy atom. The third kappa shape index (κ3) is 4.40. The topological polar surface area (TPSA) is 78.9 Å². The van der Waals surface area contributed by atoms with Crippen molar-refractivity contribution in [3.8, 4) is 0 Å². The van der Waals surface area contributed by atoms with Crippen LogP contribution < -0.4 is 0 Å². The summed E-state index contributed by atoms with van der Waals surface area (Å²) in [6.45, 7) is 5.32. The maximum atomic E-state index is 12.2. The number of hydrogen-bond acceptors (Lipinski definition) is 6. The highest BCUT2D eigenvalue weighted by atomic mass is 32.2. The van der Waals surface area contributed by atoms with Crippen LogP contribution in [-0.4, -0.2) is 27.3 Å². The Bertz CT molecular complexity index is 534. The van der Waals surface area contributed by atoms with Gasteiger partial charge in [0.05, 0.1) is 18.1 Å². The molecule has 0 aliphatic heterocycles. The molecule has 0 aliphatic rings. The Labute approximate surface area is 120 Å². The highest BCUT2D eigenvalue weighted by Gasteiger charge is 2.38. The lowest BCUT2D eigenvalue weighted by atomic mass is 10.2. The van der Waals surface area contributed by atoms with Gasteiger partial charge in [0.2, 0.25) is 0 Å². The van der Waals surface area contributed by atoms with Crippen molar-refractivity contribution >= 4 is 18.6 Å². The zero-order chi connectivity index (χ0) is 15.2. The van der Waals surface area contributed by atoms with Gasteiger partial charge in [-0.15, -0.1) is 0 Å². The minimum Gasteiger partial charge on any atom is -0.321 e. The molecule has 0 bridgehead atoms. The van der Waals surface area contributed by atoms with Crippen LogP contribution >= 0.6 is 8.46 Å². The molecule has 1 atom stereocenters. The first-order valence-corrected chi connectivity index (χ1v) is 8.61. The molecule has 0 N–H and O–H groups in total. The fourth-order valence-corrected chi connectivity index (χ4v) is 3.46. The van der Waals surface area contributed by atoms with E-state index in [4.69, 9.17) is 13.7 Å². The van der Waals surface area contributed by atoms with Crippen LogP contribution in [0.1, 0.15) is 19.4 Å². The second-order valence-electron chi connectivity index (χ2n) is 3.94. The smallest absolute Gasteiger partial charge is 0.321 e. The molecule has 0 radical (unpaired) electrons. The number of benzene rings is 1. The molecular formula is C12H19O6PS. The summed E-state index contributed by atoms with van der Waals surface area (Å²) in [5, 5.41) is 0. The van der Waals surface area contributed by atoms with E-state index >= 15 is 0 Å². The van der Waals surface area contributed by atoms with Gasteiger partial charge in [0.25, 0.3) is 0 Å². The van der Waals surface area contributed by atoms with Crippen LogP contribution in [0, 0.1) is 6.92 Å². The van der Waals surface area contributed by atoms with Crippen LogP contribution in [0.15, 0.2) is 29.2 Å². The molecule has 1 unspecified atom stereocenters. The summed E-state index contributed by atoms with van der Waals surface area (Å²) >= 11 is 0. The fraction of sp³-hybridized carbons (Fsp3) is 0.500. The zero-order valence-electron chi connectivity index (χ0n) is 11.7. The Kier molecular flexibility index (Phi) is 6.36. The van der Waals surface area contributed by atoms with Gasteiger partial charge < -0.3 is 14.0 Å².